The van der Waals surface area contributed by atoms with Crippen LogP contribution in [0.2, 0.25) is 5.32 Å². The summed E-state index contributed by atoms with van der Waals surface area (Å²) in [5.74, 6) is 1.03. The summed E-state index contributed by atoms with van der Waals surface area (Å²) in [4.78, 5) is 1.32. The third kappa shape index (κ3) is 6.31. The monoisotopic (exact) mass is 338 g/mol. The van der Waals surface area contributed by atoms with Gasteiger partial charge in [-0.05, 0) is 0 Å². The number of hydrogen-bond acceptors (Lipinski definition) is 2. The van der Waals surface area contributed by atoms with Gasteiger partial charge in [-0.15, -0.1) is 0 Å². The fraction of sp³-hybridized carbons (Fsp3) is 0.250. The first-order chi connectivity index (χ1) is 9.45. The van der Waals surface area contributed by atoms with E-state index in [1.54, 1.807) is 0 Å². The van der Waals surface area contributed by atoms with Crippen molar-refractivity contribution in [3.63, 3.8) is 0 Å². The molecule has 2 rings (SSSR count). The van der Waals surface area contributed by atoms with Gasteiger partial charge >= 0.3 is 126 Å². The summed E-state index contributed by atoms with van der Waals surface area (Å²) in [5, 5.41) is 1.16. The van der Waals surface area contributed by atoms with E-state index in [0.717, 1.165) is 24.3 Å². The quantitative estimate of drug-likeness (QED) is 0.415. The Hall–Kier alpha value is -0.731. The van der Waals surface area contributed by atoms with E-state index < -0.39 is 0 Å². The standard InChI is InChI=1S/C16H18OSSe/c1-3-7-15(8-4-1)18-13-11-17-12-14-19-16-9-5-2-6-10-16/h1-10H,11-14H2. The van der Waals surface area contributed by atoms with Gasteiger partial charge in [0, 0.05) is 0 Å². The van der Waals surface area contributed by atoms with Gasteiger partial charge in [-0.1, -0.05) is 0 Å². The molecule has 0 fully saturated rings. The summed E-state index contributed by atoms with van der Waals surface area (Å²) in [6, 6.07) is 21.2. The van der Waals surface area contributed by atoms with E-state index in [1.165, 1.54) is 9.36 Å². The van der Waals surface area contributed by atoms with Crippen molar-refractivity contribution >= 4 is 31.2 Å². The maximum absolute atomic E-state index is 5.67. The van der Waals surface area contributed by atoms with E-state index in [9.17, 15) is 0 Å². The van der Waals surface area contributed by atoms with Crippen molar-refractivity contribution in [2.75, 3.05) is 19.0 Å². The molecular weight excluding hydrogens is 319 g/mol. The second kappa shape index (κ2) is 9.22. The Labute approximate surface area is 125 Å². The fourth-order valence-corrected chi connectivity index (χ4v) is 4.01. The van der Waals surface area contributed by atoms with Gasteiger partial charge in [0.05, 0.1) is 0 Å². The van der Waals surface area contributed by atoms with Crippen LogP contribution in [0.25, 0.3) is 0 Å². The molecule has 0 aromatic heterocycles. The van der Waals surface area contributed by atoms with E-state index in [1.807, 2.05) is 17.8 Å². The first-order valence-corrected chi connectivity index (χ1v) is 9.44. The summed E-state index contributed by atoms with van der Waals surface area (Å²) in [6.07, 6.45) is 0. The van der Waals surface area contributed by atoms with Crippen LogP contribution in [-0.4, -0.2) is 33.9 Å². The normalized spacial score (nSPS) is 10.5. The number of benzene rings is 2. The average molecular weight is 337 g/mol. The van der Waals surface area contributed by atoms with Crippen LogP contribution in [-0.2, 0) is 4.74 Å². The predicted molar refractivity (Wildman–Crippen MR) is 84.6 cm³/mol. The first-order valence-electron chi connectivity index (χ1n) is 6.38. The zero-order valence-corrected chi connectivity index (χ0v) is 13.4. The molecule has 0 spiro atoms. The van der Waals surface area contributed by atoms with E-state index in [-0.39, 0.29) is 0 Å². The van der Waals surface area contributed by atoms with Gasteiger partial charge in [0.25, 0.3) is 0 Å². The third-order valence-corrected chi connectivity index (χ3v) is 5.50. The molecule has 0 aliphatic rings. The van der Waals surface area contributed by atoms with Gasteiger partial charge in [-0.2, -0.15) is 0 Å². The average Bonchev–Trinajstić information content (AvgIpc) is 2.48. The summed E-state index contributed by atoms with van der Waals surface area (Å²) < 4.78 is 7.13. The van der Waals surface area contributed by atoms with Crippen molar-refractivity contribution in [1.82, 2.24) is 0 Å². The van der Waals surface area contributed by atoms with Crippen molar-refractivity contribution in [2.24, 2.45) is 0 Å². The van der Waals surface area contributed by atoms with Crippen LogP contribution in [0.5, 0.6) is 0 Å². The SMILES string of the molecule is c1ccc(SCCOCC[Se]c2ccccc2)cc1. The Balaban J connectivity index is 1.49. The molecule has 0 aliphatic heterocycles. The second-order valence-corrected chi connectivity index (χ2v) is 7.55. The van der Waals surface area contributed by atoms with Crippen LogP contribution >= 0.6 is 11.8 Å². The van der Waals surface area contributed by atoms with Gasteiger partial charge in [-0.3, -0.25) is 0 Å². The Morgan fingerprint density at radius 1 is 0.842 bits per heavy atom. The maximum atomic E-state index is 5.67. The number of thioether (sulfide) groups is 1. The van der Waals surface area contributed by atoms with Crippen molar-refractivity contribution < 1.29 is 4.74 Å². The molecule has 0 aliphatic carbocycles. The van der Waals surface area contributed by atoms with Gasteiger partial charge < -0.3 is 0 Å². The molecule has 0 saturated heterocycles. The Kier molecular flexibility index (Phi) is 7.12. The van der Waals surface area contributed by atoms with Gasteiger partial charge in [0.2, 0.25) is 0 Å². The van der Waals surface area contributed by atoms with Crippen molar-refractivity contribution in [3.05, 3.63) is 60.7 Å². The molecule has 0 radical (unpaired) electrons. The minimum atomic E-state index is 0.549. The molecular formula is C16H18OSSe. The zero-order chi connectivity index (χ0) is 13.2. The molecule has 3 heteroatoms. The molecule has 0 unspecified atom stereocenters. The first kappa shape index (κ1) is 14.7. The number of hydrogen-bond donors (Lipinski definition) is 0. The third-order valence-electron chi connectivity index (χ3n) is 2.48. The van der Waals surface area contributed by atoms with Crippen molar-refractivity contribution in [2.45, 2.75) is 10.2 Å². The summed E-state index contributed by atoms with van der Waals surface area (Å²) in [6.45, 7) is 1.72. The van der Waals surface area contributed by atoms with Crippen LogP contribution in [0.3, 0.4) is 0 Å². The topological polar surface area (TPSA) is 9.23 Å². The van der Waals surface area contributed by atoms with E-state index >= 15 is 0 Å². The van der Waals surface area contributed by atoms with Crippen LogP contribution in [0.15, 0.2) is 65.6 Å². The van der Waals surface area contributed by atoms with E-state index in [4.69, 9.17) is 4.74 Å². The zero-order valence-electron chi connectivity index (χ0n) is 10.8. The molecule has 0 N–H and O–H groups in total. The second-order valence-electron chi connectivity index (χ2n) is 3.94. The van der Waals surface area contributed by atoms with Crippen molar-refractivity contribution in [1.29, 1.82) is 0 Å². The minimum absolute atomic E-state index is 0.549. The molecule has 0 amide bonds. The summed E-state index contributed by atoms with van der Waals surface area (Å²) in [7, 11) is 0. The molecule has 2 aromatic rings. The van der Waals surface area contributed by atoms with Gasteiger partial charge in [-0.25, -0.2) is 0 Å². The molecule has 0 atom stereocenters. The van der Waals surface area contributed by atoms with Crippen molar-refractivity contribution in [3.8, 4) is 0 Å². The molecule has 19 heavy (non-hydrogen) atoms. The Bertz CT molecular complexity index is 403. The summed E-state index contributed by atoms with van der Waals surface area (Å²) >= 11 is 2.40. The van der Waals surface area contributed by atoms with Crippen LogP contribution < -0.4 is 4.46 Å². The molecule has 1 nitrogen and oxygen atoms in total. The predicted octanol–water partition coefficient (Wildman–Crippen LogP) is 3.24. The molecule has 2 aromatic carbocycles. The molecule has 100 valence electrons. The number of rotatable bonds is 8. The molecule has 0 bridgehead atoms. The van der Waals surface area contributed by atoms with E-state index in [2.05, 4.69) is 54.6 Å². The van der Waals surface area contributed by atoms with E-state index in [0.29, 0.717) is 15.0 Å². The fourth-order valence-electron chi connectivity index (χ4n) is 1.57. The van der Waals surface area contributed by atoms with Crippen LogP contribution in [0.1, 0.15) is 0 Å². The Morgan fingerprint density at radius 3 is 2.26 bits per heavy atom. The Morgan fingerprint density at radius 2 is 1.53 bits per heavy atom. The van der Waals surface area contributed by atoms with Crippen LogP contribution in [0.4, 0.5) is 0 Å². The van der Waals surface area contributed by atoms with Crippen LogP contribution in [0, 0.1) is 0 Å². The van der Waals surface area contributed by atoms with Gasteiger partial charge in [0.1, 0.15) is 0 Å². The molecule has 0 heterocycles. The molecule has 0 saturated carbocycles. The number of ether oxygens (including phenoxy) is 1. The van der Waals surface area contributed by atoms with Gasteiger partial charge in [0.15, 0.2) is 0 Å². The summed E-state index contributed by atoms with van der Waals surface area (Å²) in [5.41, 5.74) is 0.